The molecule has 0 spiro atoms. The number of tetrazole rings is 1. The van der Waals surface area contributed by atoms with Gasteiger partial charge in [-0.3, -0.25) is 10.1 Å². The van der Waals surface area contributed by atoms with E-state index in [0.29, 0.717) is 12.8 Å². The van der Waals surface area contributed by atoms with Gasteiger partial charge in [-0.15, -0.1) is 5.10 Å². The second-order valence-corrected chi connectivity index (χ2v) is 3.25. The lowest BCUT2D eigenvalue weighted by molar-refractivity contribution is -0.119. The fraction of sp³-hybridized carbons (Fsp3) is 0.571. The van der Waals surface area contributed by atoms with Gasteiger partial charge >= 0.3 is 0 Å². The van der Waals surface area contributed by atoms with Gasteiger partial charge in [0.05, 0.1) is 13.1 Å². The molecule has 1 N–H and O–H groups in total. The normalized spacial score (nSPS) is 17.1. The minimum absolute atomic E-state index is 0.138. The number of carbonyl (C=O) groups excluding carboxylic acids is 1. The summed E-state index contributed by atoms with van der Waals surface area (Å²) in [6.45, 7) is 0. The standard InChI is InChI=1S/C7H8N6O/c1-13-11-6(10-12-13)9-5(14)7(4-8)2-3-7/h2-3H2,1H3,(H,9,11,14). The maximum Gasteiger partial charge on any atom is 0.270 e. The second-order valence-electron chi connectivity index (χ2n) is 3.25. The first-order valence-corrected chi connectivity index (χ1v) is 4.13. The van der Waals surface area contributed by atoms with E-state index in [4.69, 9.17) is 5.26 Å². The van der Waals surface area contributed by atoms with Crippen LogP contribution in [0.25, 0.3) is 0 Å². The van der Waals surface area contributed by atoms with Crippen LogP contribution in [0.4, 0.5) is 5.95 Å². The van der Waals surface area contributed by atoms with Crippen LogP contribution in [0.5, 0.6) is 0 Å². The maximum absolute atomic E-state index is 11.5. The number of hydrogen-bond acceptors (Lipinski definition) is 5. The molecule has 1 saturated carbocycles. The van der Waals surface area contributed by atoms with Crippen molar-refractivity contribution in [2.24, 2.45) is 12.5 Å². The summed E-state index contributed by atoms with van der Waals surface area (Å²) in [6, 6.07) is 1.98. The van der Waals surface area contributed by atoms with Crippen LogP contribution < -0.4 is 5.32 Å². The highest BCUT2D eigenvalue weighted by molar-refractivity contribution is 5.97. The molecule has 14 heavy (non-hydrogen) atoms. The zero-order chi connectivity index (χ0) is 10.2. The third-order valence-corrected chi connectivity index (χ3v) is 2.13. The summed E-state index contributed by atoms with van der Waals surface area (Å²) in [5.74, 6) is -0.202. The summed E-state index contributed by atoms with van der Waals surface area (Å²) in [6.07, 6.45) is 1.21. The molecule has 0 aromatic carbocycles. The fourth-order valence-electron chi connectivity index (χ4n) is 1.07. The lowest BCUT2D eigenvalue weighted by atomic mass is 10.1. The van der Waals surface area contributed by atoms with Gasteiger partial charge in [0.15, 0.2) is 0 Å². The Morgan fingerprint density at radius 1 is 1.71 bits per heavy atom. The Hall–Kier alpha value is -1.97. The number of carbonyl (C=O) groups is 1. The number of nitriles is 1. The van der Waals surface area contributed by atoms with Crippen LogP contribution >= 0.6 is 0 Å². The molecular formula is C7H8N6O. The largest absolute Gasteiger partial charge is 0.290 e. The van der Waals surface area contributed by atoms with E-state index in [0.717, 1.165) is 0 Å². The Bertz CT molecular complexity index is 412. The number of amides is 1. The highest BCUT2D eigenvalue weighted by Gasteiger charge is 2.51. The first-order valence-electron chi connectivity index (χ1n) is 4.13. The zero-order valence-corrected chi connectivity index (χ0v) is 7.56. The molecule has 1 aromatic rings. The van der Waals surface area contributed by atoms with Gasteiger partial charge in [-0.05, 0) is 18.1 Å². The van der Waals surface area contributed by atoms with Crippen molar-refractivity contribution in [2.75, 3.05) is 5.32 Å². The predicted octanol–water partition coefficient (Wildman–Crippen LogP) is -0.548. The number of rotatable bonds is 2. The molecular weight excluding hydrogens is 184 g/mol. The second kappa shape index (κ2) is 2.77. The van der Waals surface area contributed by atoms with Crippen LogP contribution in [-0.2, 0) is 11.8 Å². The van der Waals surface area contributed by atoms with Crippen LogP contribution in [-0.4, -0.2) is 26.1 Å². The molecule has 0 atom stereocenters. The molecule has 1 fully saturated rings. The van der Waals surface area contributed by atoms with E-state index in [1.165, 1.54) is 4.80 Å². The van der Waals surface area contributed by atoms with Gasteiger partial charge < -0.3 is 0 Å². The van der Waals surface area contributed by atoms with E-state index in [2.05, 4.69) is 20.7 Å². The SMILES string of the molecule is Cn1nnc(NC(=O)C2(C#N)CC2)n1. The molecule has 0 radical (unpaired) electrons. The monoisotopic (exact) mass is 192 g/mol. The molecule has 0 unspecified atom stereocenters. The highest BCUT2D eigenvalue weighted by atomic mass is 16.2. The van der Waals surface area contributed by atoms with Crippen molar-refractivity contribution in [1.82, 2.24) is 20.2 Å². The number of aromatic nitrogens is 4. The van der Waals surface area contributed by atoms with E-state index < -0.39 is 5.41 Å². The molecule has 7 nitrogen and oxygen atoms in total. The summed E-state index contributed by atoms with van der Waals surface area (Å²) in [4.78, 5) is 12.7. The molecule has 1 heterocycles. The van der Waals surface area contributed by atoms with Crippen LogP contribution in [0.2, 0.25) is 0 Å². The summed E-state index contributed by atoms with van der Waals surface area (Å²) < 4.78 is 0. The molecule has 1 aliphatic carbocycles. The molecule has 1 amide bonds. The summed E-state index contributed by atoms with van der Waals surface area (Å²) >= 11 is 0. The summed E-state index contributed by atoms with van der Waals surface area (Å²) in [7, 11) is 1.60. The quantitative estimate of drug-likeness (QED) is 0.678. The molecule has 2 rings (SSSR count). The molecule has 0 saturated heterocycles. The lowest BCUT2D eigenvalue weighted by Gasteiger charge is -2.02. The van der Waals surface area contributed by atoms with Crippen LogP contribution in [0, 0.1) is 16.7 Å². The third-order valence-electron chi connectivity index (χ3n) is 2.13. The van der Waals surface area contributed by atoms with Gasteiger partial charge in [-0.25, -0.2) is 0 Å². The molecule has 0 aliphatic heterocycles. The van der Waals surface area contributed by atoms with E-state index in [1.54, 1.807) is 7.05 Å². The Morgan fingerprint density at radius 3 is 2.86 bits per heavy atom. The first kappa shape index (κ1) is 8.62. The Labute approximate surface area is 79.7 Å². The summed E-state index contributed by atoms with van der Waals surface area (Å²) in [5.41, 5.74) is -0.848. The van der Waals surface area contributed by atoms with E-state index in [1.807, 2.05) is 6.07 Å². The average molecular weight is 192 g/mol. The number of hydrogen-bond donors (Lipinski definition) is 1. The van der Waals surface area contributed by atoms with Crippen molar-refractivity contribution < 1.29 is 4.79 Å². The van der Waals surface area contributed by atoms with Crippen molar-refractivity contribution >= 4 is 11.9 Å². The number of anilines is 1. The summed E-state index contributed by atoms with van der Waals surface area (Å²) in [5, 5.41) is 22.1. The predicted molar refractivity (Wildman–Crippen MR) is 44.7 cm³/mol. The lowest BCUT2D eigenvalue weighted by Crippen LogP contribution is -2.23. The topological polar surface area (TPSA) is 96.5 Å². The highest BCUT2D eigenvalue weighted by Crippen LogP contribution is 2.45. The smallest absolute Gasteiger partial charge is 0.270 e. The van der Waals surface area contributed by atoms with Crippen molar-refractivity contribution in [1.29, 1.82) is 5.26 Å². The maximum atomic E-state index is 11.5. The van der Waals surface area contributed by atoms with Gasteiger partial charge in [0.1, 0.15) is 5.41 Å². The number of nitrogens with zero attached hydrogens (tertiary/aromatic N) is 5. The minimum atomic E-state index is -0.848. The molecule has 1 aromatic heterocycles. The Kier molecular flexibility index (Phi) is 1.70. The van der Waals surface area contributed by atoms with E-state index in [-0.39, 0.29) is 11.9 Å². The van der Waals surface area contributed by atoms with Crippen LogP contribution in [0.3, 0.4) is 0 Å². The van der Waals surface area contributed by atoms with Gasteiger partial charge in [0.25, 0.3) is 5.95 Å². The van der Waals surface area contributed by atoms with Crippen molar-refractivity contribution in [3.63, 3.8) is 0 Å². The van der Waals surface area contributed by atoms with Gasteiger partial charge in [0, 0.05) is 0 Å². The molecule has 1 aliphatic rings. The van der Waals surface area contributed by atoms with Crippen LogP contribution in [0.15, 0.2) is 0 Å². The van der Waals surface area contributed by atoms with Crippen molar-refractivity contribution in [3.05, 3.63) is 0 Å². The number of nitrogens with one attached hydrogen (secondary N) is 1. The first-order chi connectivity index (χ1) is 6.66. The Balaban J connectivity index is 2.06. The molecule has 72 valence electrons. The van der Waals surface area contributed by atoms with Crippen molar-refractivity contribution in [3.8, 4) is 6.07 Å². The van der Waals surface area contributed by atoms with E-state index >= 15 is 0 Å². The van der Waals surface area contributed by atoms with Gasteiger partial charge in [0.2, 0.25) is 5.91 Å². The molecule has 7 heteroatoms. The van der Waals surface area contributed by atoms with Crippen molar-refractivity contribution in [2.45, 2.75) is 12.8 Å². The third kappa shape index (κ3) is 1.31. The average Bonchev–Trinajstić information content (AvgIpc) is 2.87. The minimum Gasteiger partial charge on any atom is -0.290 e. The van der Waals surface area contributed by atoms with Gasteiger partial charge in [-0.1, -0.05) is 5.10 Å². The van der Waals surface area contributed by atoms with Crippen LogP contribution in [0.1, 0.15) is 12.8 Å². The molecule has 0 bridgehead atoms. The fourth-order valence-corrected chi connectivity index (χ4v) is 1.07. The van der Waals surface area contributed by atoms with Gasteiger partial charge in [-0.2, -0.15) is 10.1 Å². The Morgan fingerprint density at radius 2 is 2.43 bits per heavy atom. The van der Waals surface area contributed by atoms with E-state index in [9.17, 15) is 4.79 Å². The zero-order valence-electron chi connectivity index (χ0n) is 7.56. The number of aryl methyl sites for hydroxylation is 1.